The first-order chi connectivity index (χ1) is 9.72. The van der Waals surface area contributed by atoms with Crippen molar-refractivity contribution in [3.05, 3.63) is 0 Å². The molecule has 4 nitrogen and oxygen atoms in total. The van der Waals surface area contributed by atoms with Crippen LogP contribution in [0.25, 0.3) is 0 Å². The van der Waals surface area contributed by atoms with Gasteiger partial charge < -0.3 is 15.0 Å². The van der Waals surface area contributed by atoms with E-state index >= 15 is 0 Å². The highest BCUT2D eigenvalue weighted by molar-refractivity contribution is 5.67. The number of nitrogens with zero attached hydrogens (tertiary/aromatic N) is 1. The molecule has 4 heteroatoms. The van der Waals surface area contributed by atoms with Crippen LogP contribution in [0, 0.1) is 17.8 Å². The van der Waals surface area contributed by atoms with E-state index < -0.39 is 0 Å². The SMILES string of the molecule is COC(=O)NC1CC(CC2CC2)CN(CC2CCC2)C1. The standard InChI is InChI=1S/C16H28N2O2/c1-20-16(19)17-15-8-14(7-12-5-6-12)10-18(11-15)9-13-3-2-4-13/h12-15H,2-11H2,1H3,(H,17,19). The minimum Gasteiger partial charge on any atom is -0.453 e. The van der Waals surface area contributed by atoms with Crippen molar-refractivity contribution in [1.82, 2.24) is 10.2 Å². The van der Waals surface area contributed by atoms with Crippen molar-refractivity contribution in [3.8, 4) is 0 Å². The Balaban J connectivity index is 1.53. The maximum absolute atomic E-state index is 11.5. The molecule has 3 fully saturated rings. The number of piperidine rings is 1. The molecule has 3 rings (SSSR count). The fraction of sp³-hybridized carbons (Fsp3) is 0.938. The number of rotatable bonds is 5. The number of carbonyl (C=O) groups excluding carboxylic acids is 1. The highest BCUT2D eigenvalue weighted by Gasteiger charge is 2.34. The number of ether oxygens (including phenoxy) is 1. The van der Waals surface area contributed by atoms with Crippen LogP contribution in [-0.2, 0) is 4.74 Å². The lowest BCUT2D eigenvalue weighted by molar-refractivity contribution is 0.0921. The Kier molecular flexibility index (Phi) is 4.49. The molecule has 2 aliphatic carbocycles. The summed E-state index contributed by atoms with van der Waals surface area (Å²) >= 11 is 0. The third-order valence-electron chi connectivity index (χ3n) is 5.22. The summed E-state index contributed by atoms with van der Waals surface area (Å²) in [5.74, 6) is 2.65. The Labute approximate surface area is 122 Å². The van der Waals surface area contributed by atoms with Gasteiger partial charge in [0.15, 0.2) is 0 Å². The normalized spacial score (nSPS) is 31.6. The molecule has 3 aliphatic rings. The molecule has 0 aromatic rings. The smallest absolute Gasteiger partial charge is 0.407 e. The van der Waals surface area contributed by atoms with Gasteiger partial charge in [0.05, 0.1) is 7.11 Å². The number of hydrogen-bond acceptors (Lipinski definition) is 3. The first-order valence-corrected chi connectivity index (χ1v) is 8.29. The summed E-state index contributed by atoms with van der Waals surface area (Å²) in [6, 6.07) is 0.278. The Morgan fingerprint density at radius 2 is 1.95 bits per heavy atom. The number of hydrogen-bond donors (Lipinski definition) is 1. The van der Waals surface area contributed by atoms with E-state index in [4.69, 9.17) is 4.74 Å². The van der Waals surface area contributed by atoms with Crippen molar-refractivity contribution >= 4 is 6.09 Å². The molecule has 1 aliphatic heterocycles. The summed E-state index contributed by atoms with van der Waals surface area (Å²) in [6.45, 7) is 3.49. The van der Waals surface area contributed by atoms with Crippen LogP contribution in [0.4, 0.5) is 4.79 Å². The highest BCUT2D eigenvalue weighted by atomic mass is 16.5. The minimum atomic E-state index is -0.273. The van der Waals surface area contributed by atoms with Gasteiger partial charge in [0.1, 0.15) is 0 Å². The van der Waals surface area contributed by atoms with E-state index in [9.17, 15) is 4.79 Å². The lowest BCUT2D eigenvalue weighted by atomic mass is 9.83. The summed E-state index contributed by atoms with van der Waals surface area (Å²) < 4.78 is 4.76. The van der Waals surface area contributed by atoms with Crippen LogP contribution in [0.3, 0.4) is 0 Å². The summed E-state index contributed by atoms with van der Waals surface area (Å²) in [6.07, 6.45) is 9.28. The van der Waals surface area contributed by atoms with Gasteiger partial charge in [0.25, 0.3) is 0 Å². The molecule has 1 amide bonds. The van der Waals surface area contributed by atoms with Crippen LogP contribution in [0.2, 0.25) is 0 Å². The zero-order valence-electron chi connectivity index (χ0n) is 12.6. The molecule has 0 spiro atoms. The van der Waals surface area contributed by atoms with Gasteiger partial charge in [-0.05, 0) is 43.4 Å². The largest absolute Gasteiger partial charge is 0.453 e. The number of amides is 1. The van der Waals surface area contributed by atoms with Crippen LogP contribution in [-0.4, -0.2) is 43.8 Å². The Morgan fingerprint density at radius 1 is 1.15 bits per heavy atom. The Bertz CT molecular complexity index is 339. The summed E-state index contributed by atoms with van der Waals surface area (Å²) in [4.78, 5) is 14.1. The average Bonchev–Trinajstić information content (AvgIpc) is 3.17. The summed E-state index contributed by atoms with van der Waals surface area (Å²) in [7, 11) is 1.45. The van der Waals surface area contributed by atoms with E-state index in [0.29, 0.717) is 0 Å². The molecule has 0 aromatic heterocycles. The van der Waals surface area contributed by atoms with Gasteiger partial charge in [-0.2, -0.15) is 0 Å². The topological polar surface area (TPSA) is 41.6 Å². The van der Waals surface area contributed by atoms with Crippen molar-refractivity contribution in [2.75, 3.05) is 26.7 Å². The third-order valence-corrected chi connectivity index (χ3v) is 5.22. The quantitative estimate of drug-likeness (QED) is 0.841. The highest BCUT2D eigenvalue weighted by Crippen LogP contribution is 2.38. The number of carbonyl (C=O) groups is 1. The van der Waals surface area contributed by atoms with E-state index in [0.717, 1.165) is 30.7 Å². The van der Waals surface area contributed by atoms with E-state index in [-0.39, 0.29) is 12.1 Å². The van der Waals surface area contributed by atoms with Crippen molar-refractivity contribution in [1.29, 1.82) is 0 Å². The molecular weight excluding hydrogens is 252 g/mol. The Hall–Kier alpha value is -0.770. The van der Waals surface area contributed by atoms with E-state index in [2.05, 4.69) is 10.2 Å². The summed E-state index contributed by atoms with van der Waals surface area (Å²) in [5.41, 5.74) is 0. The maximum atomic E-state index is 11.5. The first-order valence-electron chi connectivity index (χ1n) is 8.29. The predicted octanol–water partition coefficient (Wildman–Crippen LogP) is 2.63. The predicted molar refractivity (Wildman–Crippen MR) is 78.6 cm³/mol. The number of alkyl carbamates (subject to hydrolysis) is 1. The number of nitrogens with one attached hydrogen (secondary N) is 1. The van der Waals surface area contributed by atoms with Gasteiger partial charge in [-0.3, -0.25) is 0 Å². The number of likely N-dealkylation sites (tertiary alicyclic amines) is 1. The van der Waals surface area contributed by atoms with Crippen LogP contribution >= 0.6 is 0 Å². The van der Waals surface area contributed by atoms with Gasteiger partial charge in [-0.25, -0.2) is 4.79 Å². The zero-order chi connectivity index (χ0) is 13.9. The molecule has 1 N–H and O–H groups in total. The second-order valence-corrected chi connectivity index (χ2v) is 7.13. The molecule has 114 valence electrons. The monoisotopic (exact) mass is 280 g/mol. The summed E-state index contributed by atoms with van der Waals surface area (Å²) in [5, 5.41) is 3.03. The van der Waals surface area contributed by atoms with Crippen molar-refractivity contribution < 1.29 is 9.53 Å². The van der Waals surface area contributed by atoms with Crippen LogP contribution < -0.4 is 5.32 Å². The molecule has 1 saturated heterocycles. The second-order valence-electron chi connectivity index (χ2n) is 7.13. The van der Waals surface area contributed by atoms with Crippen molar-refractivity contribution in [2.24, 2.45) is 17.8 Å². The molecule has 0 bridgehead atoms. The average molecular weight is 280 g/mol. The van der Waals surface area contributed by atoms with Gasteiger partial charge in [-0.15, -0.1) is 0 Å². The molecule has 0 radical (unpaired) electrons. The van der Waals surface area contributed by atoms with E-state index in [1.807, 2.05) is 0 Å². The van der Waals surface area contributed by atoms with Gasteiger partial charge in [-0.1, -0.05) is 19.3 Å². The fourth-order valence-corrected chi connectivity index (χ4v) is 3.82. The minimum absolute atomic E-state index is 0.273. The second kappa shape index (κ2) is 6.33. The lowest BCUT2D eigenvalue weighted by Crippen LogP contribution is -2.52. The van der Waals surface area contributed by atoms with Gasteiger partial charge in [0, 0.05) is 25.7 Å². The molecular formula is C16H28N2O2. The first kappa shape index (κ1) is 14.2. The van der Waals surface area contributed by atoms with Gasteiger partial charge >= 0.3 is 6.09 Å². The van der Waals surface area contributed by atoms with Crippen LogP contribution in [0.1, 0.15) is 44.9 Å². The molecule has 20 heavy (non-hydrogen) atoms. The van der Waals surface area contributed by atoms with Gasteiger partial charge in [0.2, 0.25) is 0 Å². The molecule has 0 aromatic carbocycles. The van der Waals surface area contributed by atoms with Crippen molar-refractivity contribution in [3.63, 3.8) is 0 Å². The zero-order valence-corrected chi connectivity index (χ0v) is 12.6. The molecule has 2 atom stereocenters. The fourth-order valence-electron chi connectivity index (χ4n) is 3.82. The molecule has 2 saturated carbocycles. The van der Waals surface area contributed by atoms with E-state index in [1.165, 1.54) is 58.7 Å². The van der Waals surface area contributed by atoms with E-state index in [1.54, 1.807) is 0 Å². The van der Waals surface area contributed by atoms with Crippen molar-refractivity contribution in [2.45, 2.75) is 51.0 Å². The van der Waals surface area contributed by atoms with Crippen LogP contribution in [0.5, 0.6) is 0 Å². The van der Waals surface area contributed by atoms with Crippen LogP contribution in [0.15, 0.2) is 0 Å². The molecule has 2 unspecified atom stereocenters. The molecule has 1 heterocycles. The Morgan fingerprint density at radius 3 is 2.55 bits per heavy atom. The maximum Gasteiger partial charge on any atom is 0.407 e. The lowest BCUT2D eigenvalue weighted by Gasteiger charge is -2.41. The third kappa shape index (κ3) is 3.87. The number of methoxy groups -OCH3 is 1.